The van der Waals surface area contributed by atoms with Crippen LogP contribution in [-0.4, -0.2) is 60.6 Å². The first-order valence-electron chi connectivity index (χ1n) is 13.6. The number of hydrogen-bond donors (Lipinski definition) is 3. The van der Waals surface area contributed by atoms with Crippen molar-refractivity contribution in [3.63, 3.8) is 0 Å². The molecule has 10 heteroatoms. The summed E-state index contributed by atoms with van der Waals surface area (Å²) in [7, 11) is -3.20. The standard InChI is InChI=1S/C29H35N5O3S2/c1-39(36,37)33-9-7-23(8-10-33)34-16-25(20-3-2-4-21(12-20)27(30)38)24-6-5-19(11-26(24)34)15-32-28(35)22-13-29(14-22)17-31-18-29/h2-6,11-12,16,22-23,31H,7-10,13-15,17-18H2,1H3,(H2,30,38)(H,32,35). The Morgan fingerprint density at radius 1 is 1.15 bits per heavy atom. The third-order valence-corrected chi connectivity index (χ3v) is 10.4. The van der Waals surface area contributed by atoms with Crippen LogP contribution in [0.1, 0.15) is 42.9 Å². The van der Waals surface area contributed by atoms with Gasteiger partial charge in [-0.05, 0) is 54.4 Å². The van der Waals surface area contributed by atoms with Crippen molar-refractivity contribution in [1.82, 2.24) is 19.5 Å². The Kier molecular flexibility index (Phi) is 6.77. The van der Waals surface area contributed by atoms with Gasteiger partial charge in [0, 0.05) is 72.9 Å². The molecule has 3 aromatic rings. The lowest BCUT2D eigenvalue weighted by atomic mass is 9.58. The molecule has 4 N–H and O–H groups in total. The van der Waals surface area contributed by atoms with Gasteiger partial charge >= 0.3 is 0 Å². The van der Waals surface area contributed by atoms with Gasteiger partial charge < -0.3 is 20.9 Å². The highest BCUT2D eigenvalue weighted by atomic mass is 32.2. The second kappa shape index (κ2) is 9.99. The number of piperidine rings is 1. The van der Waals surface area contributed by atoms with Gasteiger partial charge in [-0.2, -0.15) is 0 Å². The minimum absolute atomic E-state index is 0.118. The van der Waals surface area contributed by atoms with Crippen LogP contribution < -0.4 is 16.4 Å². The highest BCUT2D eigenvalue weighted by Gasteiger charge is 2.50. The van der Waals surface area contributed by atoms with Gasteiger partial charge in [-0.1, -0.05) is 42.5 Å². The molecule has 6 rings (SSSR count). The van der Waals surface area contributed by atoms with E-state index in [2.05, 4.69) is 45.7 Å². The predicted octanol–water partition coefficient (Wildman–Crippen LogP) is 3.15. The number of hydrogen-bond acceptors (Lipinski definition) is 5. The van der Waals surface area contributed by atoms with Crippen LogP contribution in [-0.2, 0) is 21.4 Å². The number of nitrogens with zero attached hydrogens (tertiary/aromatic N) is 2. The minimum atomic E-state index is -3.20. The largest absolute Gasteiger partial charge is 0.389 e. The van der Waals surface area contributed by atoms with E-state index in [1.807, 2.05) is 18.2 Å². The predicted molar refractivity (Wildman–Crippen MR) is 158 cm³/mol. The first kappa shape index (κ1) is 26.4. The molecule has 8 nitrogen and oxygen atoms in total. The van der Waals surface area contributed by atoms with E-state index in [0.29, 0.717) is 30.0 Å². The zero-order valence-electron chi connectivity index (χ0n) is 22.2. The average molecular weight is 566 g/mol. The molecule has 1 amide bonds. The van der Waals surface area contributed by atoms with Gasteiger partial charge in [0.2, 0.25) is 15.9 Å². The van der Waals surface area contributed by atoms with Crippen molar-refractivity contribution < 1.29 is 13.2 Å². The molecule has 0 unspecified atom stereocenters. The van der Waals surface area contributed by atoms with Crippen molar-refractivity contribution >= 4 is 44.0 Å². The van der Waals surface area contributed by atoms with E-state index in [-0.39, 0.29) is 17.9 Å². The summed E-state index contributed by atoms with van der Waals surface area (Å²) < 4.78 is 28.0. The van der Waals surface area contributed by atoms with Crippen LogP contribution in [0.3, 0.4) is 0 Å². The van der Waals surface area contributed by atoms with E-state index >= 15 is 0 Å². The summed E-state index contributed by atoms with van der Waals surface area (Å²) in [5.74, 6) is 0.263. The van der Waals surface area contributed by atoms with Gasteiger partial charge in [0.05, 0.1) is 6.26 Å². The number of aromatic nitrogens is 1. The second-order valence-corrected chi connectivity index (χ2v) is 14.0. The maximum Gasteiger partial charge on any atom is 0.223 e. The average Bonchev–Trinajstić information content (AvgIpc) is 3.24. The van der Waals surface area contributed by atoms with Crippen molar-refractivity contribution in [2.24, 2.45) is 17.1 Å². The Morgan fingerprint density at radius 2 is 1.90 bits per heavy atom. The first-order valence-corrected chi connectivity index (χ1v) is 15.8. The van der Waals surface area contributed by atoms with Crippen LogP contribution in [0.15, 0.2) is 48.7 Å². The fourth-order valence-electron chi connectivity index (χ4n) is 6.50. The number of carbonyl (C=O) groups is 1. The summed E-state index contributed by atoms with van der Waals surface area (Å²) in [6, 6.07) is 14.5. The van der Waals surface area contributed by atoms with E-state index in [1.54, 1.807) is 4.31 Å². The van der Waals surface area contributed by atoms with Crippen molar-refractivity contribution in [3.8, 4) is 11.1 Å². The summed E-state index contributed by atoms with van der Waals surface area (Å²) in [6.07, 6.45) is 6.89. The van der Waals surface area contributed by atoms with Crippen molar-refractivity contribution in [2.75, 3.05) is 32.4 Å². The smallest absolute Gasteiger partial charge is 0.223 e. The fourth-order valence-corrected chi connectivity index (χ4v) is 7.50. The van der Waals surface area contributed by atoms with Gasteiger partial charge in [0.25, 0.3) is 0 Å². The molecular formula is C29H35N5O3S2. The molecule has 3 heterocycles. The van der Waals surface area contributed by atoms with Gasteiger partial charge in [0.15, 0.2) is 0 Å². The number of fused-ring (bicyclic) bond motifs is 1. The number of carbonyl (C=O) groups excluding carboxylic acids is 1. The quantitative estimate of drug-likeness (QED) is 0.380. The highest BCUT2D eigenvalue weighted by molar-refractivity contribution is 7.88. The van der Waals surface area contributed by atoms with E-state index in [4.69, 9.17) is 18.0 Å². The molecule has 1 saturated carbocycles. The third-order valence-electron chi connectivity index (χ3n) is 8.84. The van der Waals surface area contributed by atoms with Crippen molar-refractivity contribution in [1.29, 1.82) is 0 Å². The second-order valence-electron chi connectivity index (χ2n) is 11.6. The summed E-state index contributed by atoms with van der Waals surface area (Å²) in [4.78, 5) is 13.1. The Bertz CT molecular complexity index is 1540. The Labute approximate surface area is 235 Å². The fraction of sp³-hybridized carbons (Fsp3) is 0.448. The normalized spacial score (nSPS) is 20.0. The molecule has 1 aromatic heterocycles. The Hall–Kier alpha value is -2.79. The van der Waals surface area contributed by atoms with E-state index < -0.39 is 10.0 Å². The van der Waals surface area contributed by atoms with Crippen LogP contribution in [0.2, 0.25) is 0 Å². The molecule has 206 valence electrons. The molecule has 3 fully saturated rings. The van der Waals surface area contributed by atoms with E-state index in [1.165, 1.54) is 6.26 Å². The zero-order chi connectivity index (χ0) is 27.4. The molecule has 3 aliphatic rings. The lowest BCUT2D eigenvalue weighted by Crippen LogP contribution is -2.62. The van der Waals surface area contributed by atoms with Crippen LogP contribution >= 0.6 is 12.2 Å². The summed E-state index contributed by atoms with van der Waals surface area (Å²) >= 11 is 5.22. The summed E-state index contributed by atoms with van der Waals surface area (Å²) in [6.45, 7) is 3.57. The number of nitrogens with two attached hydrogens (primary N) is 1. The Balaban J connectivity index is 1.28. The number of benzene rings is 2. The summed E-state index contributed by atoms with van der Waals surface area (Å²) in [5, 5.41) is 7.59. The van der Waals surface area contributed by atoms with Crippen LogP contribution in [0.4, 0.5) is 0 Å². The maximum atomic E-state index is 12.8. The zero-order valence-corrected chi connectivity index (χ0v) is 23.8. The maximum absolute atomic E-state index is 12.8. The van der Waals surface area contributed by atoms with E-state index in [0.717, 1.165) is 71.9 Å². The number of amides is 1. The van der Waals surface area contributed by atoms with Crippen molar-refractivity contribution in [2.45, 2.75) is 38.3 Å². The molecule has 0 bridgehead atoms. The molecule has 1 spiro atoms. The van der Waals surface area contributed by atoms with Gasteiger partial charge in [-0.25, -0.2) is 12.7 Å². The molecule has 39 heavy (non-hydrogen) atoms. The lowest BCUT2D eigenvalue weighted by molar-refractivity contribution is -0.135. The third kappa shape index (κ3) is 5.11. The number of rotatable bonds is 7. The lowest BCUT2D eigenvalue weighted by Gasteiger charge is -2.53. The molecule has 0 atom stereocenters. The number of nitrogens with one attached hydrogen (secondary N) is 2. The molecule has 2 saturated heterocycles. The SMILES string of the molecule is CS(=O)(=O)N1CCC(n2cc(-c3cccc(C(N)=S)c3)c3ccc(CNC(=O)C4CC5(CNC5)C4)cc32)CC1. The Morgan fingerprint density at radius 3 is 2.54 bits per heavy atom. The monoisotopic (exact) mass is 565 g/mol. The summed E-state index contributed by atoms with van der Waals surface area (Å²) in [5.41, 5.74) is 11.3. The topological polar surface area (TPSA) is 109 Å². The van der Waals surface area contributed by atoms with E-state index in [9.17, 15) is 13.2 Å². The van der Waals surface area contributed by atoms with Gasteiger partial charge in [-0.3, -0.25) is 4.79 Å². The highest BCUT2D eigenvalue weighted by Crippen LogP contribution is 2.48. The molecule has 2 aromatic carbocycles. The van der Waals surface area contributed by atoms with Crippen LogP contribution in [0.5, 0.6) is 0 Å². The van der Waals surface area contributed by atoms with Crippen LogP contribution in [0, 0.1) is 11.3 Å². The van der Waals surface area contributed by atoms with Crippen molar-refractivity contribution in [3.05, 3.63) is 59.8 Å². The molecule has 0 radical (unpaired) electrons. The number of sulfonamides is 1. The van der Waals surface area contributed by atoms with Gasteiger partial charge in [0.1, 0.15) is 4.99 Å². The van der Waals surface area contributed by atoms with Crippen LogP contribution in [0.25, 0.3) is 22.0 Å². The number of thiocarbonyl (C=S) groups is 1. The minimum Gasteiger partial charge on any atom is -0.389 e. The molecule has 1 aliphatic carbocycles. The first-order chi connectivity index (χ1) is 18.6. The van der Waals surface area contributed by atoms with Gasteiger partial charge in [-0.15, -0.1) is 0 Å². The molecule has 2 aliphatic heterocycles. The molecular weight excluding hydrogens is 530 g/mol.